The van der Waals surface area contributed by atoms with Crippen LogP contribution in [0.15, 0.2) is 65.0 Å². The molecular weight excluding hydrogens is 354 g/mol. The monoisotopic (exact) mass is 379 g/mol. The predicted octanol–water partition coefficient (Wildman–Crippen LogP) is 5.46. The number of allylic oxidation sites excluding steroid dienone is 2. The predicted molar refractivity (Wildman–Crippen MR) is 109 cm³/mol. The van der Waals surface area contributed by atoms with E-state index >= 15 is 0 Å². The molecule has 3 rings (SSSR count). The Bertz CT molecular complexity index is 912. The van der Waals surface area contributed by atoms with Crippen molar-refractivity contribution in [3.63, 3.8) is 0 Å². The van der Waals surface area contributed by atoms with Crippen molar-refractivity contribution in [3.8, 4) is 11.5 Å². The van der Waals surface area contributed by atoms with Crippen molar-refractivity contribution >= 4 is 11.5 Å². The number of nitrogens with zero attached hydrogens (tertiary/aromatic N) is 1. The molecule has 0 saturated carbocycles. The fourth-order valence-electron chi connectivity index (χ4n) is 3.32. The van der Waals surface area contributed by atoms with Gasteiger partial charge in [-0.05, 0) is 56.5 Å². The molecule has 0 heterocycles. The van der Waals surface area contributed by atoms with Crippen molar-refractivity contribution in [1.82, 2.24) is 0 Å². The number of aryl methyl sites for hydroxylation is 1. The minimum absolute atomic E-state index is 0.0621. The summed E-state index contributed by atoms with van der Waals surface area (Å²) in [6, 6.07) is 15.5. The van der Waals surface area contributed by atoms with Crippen LogP contribution in [0.4, 0.5) is 0 Å². The van der Waals surface area contributed by atoms with E-state index in [0.29, 0.717) is 30.9 Å². The zero-order chi connectivity index (χ0) is 20.1. The molecule has 5 heteroatoms. The van der Waals surface area contributed by atoms with Crippen LogP contribution in [0.25, 0.3) is 0 Å². The first kappa shape index (κ1) is 19.7. The van der Waals surface area contributed by atoms with Crippen molar-refractivity contribution in [2.75, 3.05) is 6.61 Å². The van der Waals surface area contributed by atoms with Gasteiger partial charge in [-0.3, -0.25) is 4.79 Å². The molecule has 0 aliphatic heterocycles. The minimum atomic E-state index is -0.125. The Morgan fingerprint density at radius 2 is 1.89 bits per heavy atom. The quantitative estimate of drug-likeness (QED) is 0.535. The highest BCUT2D eigenvalue weighted by Crippen LogP contribution is 2.36. The van der Waals surface area contributed by atoms with E-state index in [1.807, 2.05) is 62.4 Å². The van der Waals surface area contributed by atoms with Crippen LogP contribution in [0.1, 0.15) is 43.7 Å². The van der Waals surface area contributed by atoms with Gasteiger partial charge in [0.25, 0.3) is 0 Å². The van der Waals surface area contributed by atoms with Crippen LogP contribution < -0.4 is 4.74 Å². The maximum absolute atomic E-state index is 12.6. The molecule has 1 atom stereocenters. The lowest BCUT2D eigenvalue weighted by atomic mass is 9.81. The molecule has 1 N–H and O–H groups in total. The van der Waals surface area contributed by atoms with Crippen molar-refractivity contribution in [2.24, 2.45) is 5.16 Å². The molecule has 146 valence electrons. The molecule has 0 fully saturated rings. The van der Waals surface area contributed by atoms with Gasteiger partial charge >= 0.3 is 0 Å². The Kier molecular flexibility index (Phi) is 6.14. The number of hydrogen-bond acceptors (Lipinski definition) is 5. The van der Waals surface area contributed by atoms with Crippen LogP contribution >= 0.6 is 0 Å². The standard InChI is InChI=1S/C23H25NO4/c1-4-27-24-16(3)23-21(25)13-18(14-22(23)26)17-6-5-7-20(12-17)28-19-10-8-15(2)9-11-19/h5-12,18,25H,4,13-14H2,1-3H3/b24-16-. The molecule has 1 aliphatic carbocycles. The van der Waals surface area contributed by atoms with Crippen LogP contribution in [0.5, 0.6) is 11.5 Å². The molecule has 0 bridgehead atoms. The second kappa shape index (κ2) is 8.74. The number of aliphatic hydroxyl groups excluding tert-OH is 1. The molecule has 1 unspecified atom stereocenters. The normalized spacial score (nSPS) is 17.6. The Morgan fingerprint density at radius 3 is 2.57 bits per heavy atom. The maximum atomic E-state index is 12.6. The second-order valence-electron chi connectivity index (χ2n) is 6.93. The highest BCUT2D eigenvalue weighted by molar-refractivity contribution is 6.22. The summed E-state index contributed by atoms with van der Waals surface area (Å²) in [5, 5.41) is 14.4. The smallest absolute Gasteiger partial charge is 0.168 e. The topological polar surface area (TPSA) is 68.1 Å². The maximum Gasteiger partial charge on any atom is 0.168 e. The molecule has 2 aromatic carbocycles. The number of oxime groups is 1. The molecule has 0 radical (unpaired) electrons. The number of ether oxygens (including phenoxy) is 1. The summed E-state index contributed by atoms with van der Waals surface area (Å²) in [6.45, 7) is 5.93. The second-order valence-corrected chi connectivity index (χ2v) is 6.93. The van der Waals surface area contributed by atoms with E-state index in [9.17, 15) is 9.90 Å². The van der Waals surface area contributed by atoms with Gasteiger partial charge in [0, 0.05) is 12.8 Å². The van der Waals surface area contributed by atoms with Gasteiger partial charge in [-0.1, -0.05) is 35.0 Å². The van der Waals surface area contributed by atoms with Crippen molar-refractivity contribution < 1.29 is 19.5 Å². The average molecular weight is 379 g/mol. The van der Waals surface area contributed by atoms with Gasteiger partial charge in [0.05, 0.1) is 11.3 Å². The zero-order valence-electron chi connectivity index (χ0n) is 16.4. The molecule has 0 saturated heterocycles. The van der Waals surface area contributed by atoms with E-state index in [-0.39, 0.29) is 23.0 Å². The third-order valence-electron chi connectivity index (χ3n) is 4.72. The highest BCUT2D eigenvalue weighted by atomic mass is 16.6. The minimum Gasteiger partial charge on any atom is -0.511 e. The number of benzene rings is 2. The summed E-state index contributed by atoms with van der Waals surface area (Å²) in [6.07, 6.45) is 0.695. The largest absolute Gasteiger partial charge is 0.511 e. The SMILES string of the molecule is CCO/N=C(/C)C1=C(O)CC(c2cccc(Oc3ccc(C)cc3)c2)CC1=O. The van der Waals surface area contributed by atoms with Gasteiger partial charge in [0.15, 0.2) is 5.78 Å². The van der Waals surface area contributed by atoms with Crippen molar-refractivity contribution in [2.45, 2.75) is 39.5 Å². The van der Waals surface area contributed by atoms with E-state index < -0.39 is 0 Å². The lowest BCUT2D eigenvalue weighted by molar-refractivity contribution is -0.116. The van der Waals surface area contributed by atoms with Crippen LogP contribution in [0, 0.1) is 6.92 Å². The first-order chi connectivity index (χ1) is 13.5. The zero-order valence-corrected chi connectivity index (χ0v) is 16.4. The van der Waals surface area contributed by atoms with Gasteiger partial charge in [-0.15, -0.1) is 0 Å². The summed E-state index contributed by atoms with van der Waals surface area (Å²) in [7, 11) is 0. The lowest BCUT2D eigenvalue weighted by Gasteiger charge is -2.24. The molecule has 28 heavy (non-hydrogen) atoms. The van der Waals surface area contributed by atoms with E-state index in [1.54, 1.807) is 6.92 Å². The molecular formula is C23H25NO4. The molecule has 0 aromatic heterocycles. The molecule has 2 aromatic rings. The number of aliphatic hydroxyl groups is 1. The summed E-state index contributed by atoms with van der Waals surface area (Å²) < 4.78 is 5.93. The number of carbonyl (C=O) groups excluding carboxylic acids is 1. The van der Waals surface area contributed by atoms with Crippen LogP contribution in [0.3, 0.4) is 0 Å². The number of rotatable bonds is 6. The Hall–Kier alpha value is -3.08. The third-order valence-corrected chi connectivity index (χ3v) is 4.72. The molecule has 1 aliphatic rings. The lowest BCUT2D eigenvalue weighted by Crippen LogP contribution is -2.22. The third kappa shape index (κ3) is 4.60. The first-order valence-corrected chi connectivity index (χ1v) is 9.44. The number of carbonyl (C=O) groups is 1. The summed E-state index contributed by atoms with van der Waals surface area (Å²) in [5.41, 5.74) is 2.82. The Morgan fingerprint density at radius 1 is 1.14 bits per heavy atom. The van der Waals surface area contributed by atoms with Crippen LogP contribution in [-0.4, -0.2) is 23.2 Å². The van der Waals surface area contributed by atoms with E-state index in [0.717, 1.165) is 11.3 Å². The Balaban J connectivity index is 1.78. The van der Waals surface area contributed by atoms with Crippen molar-refractivity contribution in [1.29, 1.82) is 0 Å². The fraction of sp³-hybridized carbons (Fsp3) is 0.304. The summed E-state index contributed by atoms with van der Waals surface area (Å²) in [4.78, 5) is 17.6. The van der Waals surface area contributed by atoms with Crippen LogP contribution in [0.2, 0.25) is 0 Å². The van der Waals surface area contributed by atoms with E-state index in [4.69, 9.17) is 9.57 Å². The summed E-state index contributed by atoms with van der Waals surface area (Å²) in [5.74, 6) is 1.30. The number of hydrogen-bond donors (Lipinski definition) is 1. The van der Waals surface area contributed by atoms with Gasteiger partial charge < -0.3 is 14.7 Å². The average Bonchev–Trinajstić information content (AvgIpc) is 2.68. The summed E-state index contributed by atoms with van der Waals surface area (Å²) >= 11 is 0. The molecule has 5 nitrogen and oxygen atoms in total. The van der Waals surface area contributed by atoms with E-state index in [2.05, 4.69) is 5.16 Å². The number of ketones is 1. The van der Waals surface area contributed by atoms with Gasteiger partial charge in [-0.2, -0.15) is 0 Å². The van der Waals surface area contributed by atoms with Gasteiger partial charge in [-0.25, -0.2) is 0 Å². The highest BCUT2D eigenvalue weighted by Gasteiger charge is 2.30. The molecule has 0 amide bonds. The first-order valence-electron chi connectivity index (χ1n) is 9.44. The fourth-order valence-corrected chi connectivity index (χ4v) is 3.32. The van der Waals surface area contributed by atoms with Gasteiger partial charge in [0.1, 0.15) is 23.9 Å². The number of Topliss-reactive ketones (excluding diaryl/α,β-unsaturated/α-hetero) is 1. The van der Waals surface area contributed by atoms with Crippen LogP contribution in [-0.2, 0) is 9.63 Å². The Labute approximate surface area is 165 Å². The van der Waals surface area contributed by atoms with Gasteiger partial charge in [0.2, 0.25) is 0 Å². The van der Waals surface area contributed by atoms with E-state index in [1.165, 1.54) is 5.56 Å². The molecule has 0 spiro atoms. The van der Waals surface area contributed by atoms with Crippen molar-refractivity contribution in [3.05, 3.63) is 71.0 Å².